The van der Waals surface area contributed by atoms with Gasteiger partial charge in [0.2, 0.25) is 5.91 Å². The van der Waals surface area contributed by atoms with Crippen LogP contribution in [0.25, 0.3) is 0 Å². The predicted molar refractivity (Wildman–Crippen MR) is 107 cm³/mol. The second-order valence-electron chi connectivity index (χ2n) is 7.75. The molecule has 150 valence electrons. The number of ether oxygens (including phenoxy) is 1. The first-order valence-corrected chi connectivity index (χ1v) is 9.36. The maximum atomic E-state index is 13.0. The molecule has 5 heteroatoms. The Hall–Kier alpha value is -1.32. The number of cyclic esters (lactones) is 1. The number of amides is 1. The minimum Gasteiger partial charge on any atom is -0.439 e. The number of esters is 1. The first-order chi connectivity index (χ1) is 13.4. The molecule has 3 aliphatic rings. The minimum atomic E-state index is -0.706. The van der Waals surface area contributed by atoms with Gasteiger partial charge < -0.3 is 4.74 Å². The molecule has 1 amide bonds. The molecule has 0 N–H and O–H groups in total. The van der Waals surface area contributed by atoms with Crippen molar-refractivity contribution in [1.82, 2.24) is 4.90 Å². The van der Waals surface area contributed by atoms with E-state index < -0.39 is 17.7 Å². The molecule has 1 aromatic rings. The van der Waals surface area contributed by atoms with E-state index in [4.69, 9.17) is 4.74 Å². The minimum absolute atomic E-state index is 0. The molecule has 29 heavy (non-hydrogen) atoms. The van der Waals surface area contributed by atoms with E-state index in [2.05, 4.69) is 0 Å². The van der Waals surface area contributed by atoms with Crippen LogP contribution in [-0.4, -0.2) is 23.0 Å². The fraction of sp³-hybridized carbons (Fsp3) is 0.250. The normalized spacial score (nSPS) is 24.5. The smallest absolute Gasteiger partial charge is 0.439 e. The molecule has 4 rings (SSSR count). The number of carbonyl (C=O) groups is 2. The third-order valence-electron chi connectivity index (χ3n) is 4.50. The topological polar surface area (TPSA) is 46.6 Å². The zero-order valence-electron chi connectivity index (χ0n) is 16.8. The molecule has 2 saturated carbocycles. The molecular formula is C24H25FeNO3+2. The van der Waals surface area contributed by atoms with Gasteiger partial charge in [0.1, 0.15) is 0 Å². The van der Waals surface area contributed by atoms with E-state index in [9.17, 15) is 9.59 Å². The van der Waals surface area contributed by atoms with E-state index in [1.54, 1.807) is 4.90 Å². The fourth-order valence-electron chi connectivity index (χ4n) is 3.13. The van der Waals surface area contributed by atoms with Crippen molar-refractivity contribution in [2.75, 3.05) is 0 Å². The standard InChI is InChI=1S/C19H20NO3.C5H5.Fe/c1-19(2,3)18(22)20-15(13-9-5-4-6-10-13)17(21)23-16(20)14-11-7-8-12-14;1-2-4-5-3-1;/h4-12,15-16H,1-3H3;1-5H;/q;;+2/t15-,16+;;/m1../s1. The number of hydrogen-bond donors (Lipinski definition) is 0. The average molecular weight is 431 g/mol. The molecule has 1 heterocycles. The quantitative estimate of drug-likeness (QED) is 0.527. The summed E-state index contributed by atoms with van der Waals surface area (Å²) >= 11 is 0. The Morgan fingerprint density at radius 3 is 1.90 bits per heavy atom. The molecule has 2 aliphatic carbocycles. The second-order valence-corrected chi connectivity index (χ2v) is 7.75. The maximum Gasteiger partial charge on any atom is 2.00 e. The first-order valence-electron chi connectivity index (χ1n) is 9.36. The third-order valence-corrected chi connectivity index (χ3v) is 4.50. The Balaban J connectivity index is 0.000000437. The van der Waals surface area contributed by atoms with Crippen molar-refractivity contribution < 1.29 is 31.4 Å². The third kappa shape index (κ3) is 5.86. The van der Waals surface area contributed by atoms with Crippen LogP contribution in [0.1, 0.15) is 32.4 Å². The van der Waals surface area contributed by atoms with Gasteiger partial charge in [-0.3, -0.25) is 9.69 Å². The van der Waals surface area contributed by atoms with Crippen LogP contribution in [0.4, 0.5) is 0 Å². The average Bonchev–Trinajstić information content (AvgIpc) is 3.43. The molecule has 1 aliphatic heterocycles. The summed E-state index contributed by atoms with van der Waals surface area (Å²) in [5.74, 6) is 0.317. The van der Waals surface area contributed by atoms with Gasteiger partial charge in [-0.2, -0.15) is 0 Å². The van der Waals surface area contributed by atoms with Gasteiger partial charge in [0.05, 0.1) is 0 Å². The van der Waals surface area contributed by atoms with E-state index >= 15 is 0 Å². The predicted octanol–water partition coefficient (Wildman–Crippen LogP) is 3.91. The van der Waals surface area contributed by atoms with E-state index in [1.807, 2.05) is 109 Å². The number of hydrogen-bond acceptors (Lipinski definition) is 3. The summed E-state index contributed by atoms with van der Waals surface area (Å²) in [5, 5.41) is 0. The van der Waals surface area contributed by atoms with E-state index in [1.165, 1.54) is 0 Å². The number of nitrogens with zero attached hydrogens (tertiary/aromatic N) is 1. The van der Waals surface area contributed by atoms with Gasteiger partial charge in [-0.1, -0.05) is 51.1 Å². The Bertz CT molecular complexity index is 653. The van der Waals surface area contributed by atoms with Crippen LogP contribution in [0.2, 0.25) is 0 Å². The first kappa shape index (κ1) is 24.0. The van der Waals surface area contributed by atoms with Crippen molar-refractivity contribution in [2.24, 2.45) is 5.41 Å². The van der Waals surface area contributed by atoms with E-state index in [0.29, 0.717) is 0 Å². The van der Waals surface area contributed by atoms with Crippen molar-refractivity contribution in [3.05, 3.63) is 99.6 Å². The maximum absolute atomic E-state index is 13.0. The Labute approximate surface area is 186 Å². The van der Waals surface area contributed by atoms with E-state index in [-0.39, 0.29) is 28.9 Å². The van der Waals surface area contributed by atoms with Crippen LogP contribution in [0.5, 0.6) is 0 Å². The molecular weight excluding hydrogens is 406 g/mol. The zero-order valence-corrected chi connectivity index (χ0v) is 17.9. The van der Waals surface area contributed by atoms with Crippen molar-refractivity contribution >= 4 is 11.9 Å². The number of rotatable bonds is 2. The van der Waals surface area contributed by atoms with Crippen LogP contribution >= 0.6 is 0 Å². The summed E-state index contributed by atoms with van der Waals surface area (Å²) < 4.78 is 5.57. The van der Waals surface area contributed by atoms with Crippen molar-refractivity contribution in [2.45, 2.75) is 33.0 Å². The summed E-state index contributed by atoms with van der Waals surface area (Å²) in [6.07, 6.45) is 16.8. The number of benzene rings is 1. The zero-order chi connectivity index (χ0) is 20.1. The fourth-order valence-corrected chi connectivity index (χ4v) is 3.13. The Morgan fingerprint density at radius 2 is 1.41 bits per heavy atom. The molecule has 3 fully saturated rings. The second kappa shape index (κ2) is 10.6. The van der Waals surface area contributed by atoms with Crippen LogP contribution in [0, 0.1) is 69.1 Å². The van der Waals surface area contributed by atoms with Gasteiger partial charge in [-0.15, -0.1) is 0 Å². The van der Waals surface area contributed by atoms with Crippen LogP contribution < -0.4 is 0 Å². The molecule has 0 unspecified atom stereocenters. The molecule has 0 bridgehead atoms. The van der Waals surface area contributed by atoms with Gasteiger partial charge in [0, 0.05) is 11.3 Å². The van der Waals surface area contributed by atoms with Crippen molar-refractivity contribution in [3.8, 4) is 0 Å². The number of carbonyl (C=O) groups excluding carboxylic acids is 2. The molecule has 0 aromatic heterocycles. The molecule has 2 atom stereocenters. The van der Waals surface area contributed by atoms with Crippen LogP contribution in [-0.2, 0) is 31.4 Å². The Kier molecular flexibility index (Phi) is 8.78. The van der Waals surface area contributed by atoms with Gasteiger partial charge in [0.25, 0.3) is 0 Å². The van der Waals surface area contributed by atoms with Gasteiger partial charge >= 0.3 is 23.0 Å². The molecule has 4 nitrogen and oxygen atoms in total. The van der Waals surface area contributed by atoms with Gasteiger partial charge in [-0.05, 0) is 63.4 Å². The molecule has 1 saturated heterocycles. The van der Waals surface area contributed by atoms with Crippen LogP contribution in [0.15, 0.2) is 30.3 Å². The molecule has 10 radical (unpaired) electrons. The largest absolute Gasteiger partial charge is 2.00 e. The van der Waals surface area contributed by atoms with Gasteiger partial charge in [-0.25, -0.2) is 4.79 Å². The summed E-state index contributed by atoms with van der Waals surface area (Å²) in [4.78, 5) is 27.1. The Morgan fingerprint density at radius 1 is 0.897 bits per heavy atom. The van der Waals surface area contributed by atoms with Crippen molar-refractivity contribution in [1.29, 1.82) is 0 Å². The van der Waals surface area contributed by atoms with Crippen molar-refractivity contribution in [3.63, 3.8) is 0 Å². The summed E-state index contributed by atoms with van der Waals surface area (Å²) in [6.45, 7) is 5.55. The summed E-state index contributed by atoms with van der Waals surface area (Å²) in [6, 6.07) is 8.60. The van der Waals surface area contributed by atoms with E-state index in [0.717, 1.165) is 11.5 Å². The monoisotopic (exact) mass is 431 g/mol. The molecule has 0 spiro atoms. The summed E-state index contributed by atoms with van der Waals surface area (Å²) in [5.41, 5.74) is 0.162. The summed E-state index contributed by atoms with van der Waals surface area (Å²) in [7, 11) is 0. The van der Waals surface area contributed by atoms with Gasteiger partial charge in [0.15, 0.2) is 12.3 Å². The SMILES string of the molecule is CC(C)(C)C(=O)N1[C@H]([C]2[CH][CH][CH][CH]2)OC(=O)[C@H]1c1ccccc1.[CH]1[CH][CH][CH][CH]1.[Fe+2]. The van der Waals surface area contributed by atoms with Crippen LogP contribution in [0.3, 0.4) is 0 Å². The molecule has 1 aromatic carbocycles.